The summed E-state index contributed by atoms with van der Waals surface area (Å²) in [5.74, 6) is -0.533. The fourth-order valence-corrected chi connectivity index (χ4v) is 2.21. The van der Waals surface area contributed by atoms with E-state index in [1.165, 1.54) is 6.07 Å². The Hall–Kier alpha value is -2.14. The van der Waals surface area contributed by atoms with Crippen LogP contribution in [-0.2, 0) is 0 Å². The first-order chi connectivity index (χ1) is 10.0. The van der Waals surface area contributed by atoms with Crippen molar-refractivity contribution in [1.29, 1.82) is 0 Å². The minimum absolute atomic E-state index is 0.0431. The molecule has 0 atom stereocenters. The number of rotatable bonds is 5. The van der Waals surface area contributed by atoms with Gasteiger partial charge in [-0.05, 0) is 25.0 Å². The van der Waals surface area contributed by atoms with Crippen LogP contribution in [0.2, 0.25) is 0 Å². The lowest BCUT2D eigenvalue weighted by atomic mass is 9.94. The molecule has 112 valence electrons. The smallest absolute Gasteiger partial charge is 0.287 e. The van der Waals surface area contributed by atoms with Crippen molar-refractivity contribution in [2.45, 2.75) is 32.2 Å². The summed E-state index contributed by atoms with van der Waals surface area (Å²) in [5, 5.41) is 12.7. The number of hydrogen-bond acceptors (Lipinski definition) is 4. The number of nitrogens with one attached hydrogen (secondary N) is 1. The second-order valence-corrected chi connectivity index (χ2v) is 5.07. The first-order valence-corrected chi connectivity index (χ1v) is 7.01. The van der Waals surface area contributed by atoms with Crippen LogP contribution in [0.5, 0.6) is 0 Å². The van der Waals surface area contributed by atoms with E-state index in [2.05, 4.69) is 5.32 Å². The zero-order chi connectivity index (χ0) is 15.5. The Labute approximate surface area is 122 Å². The first-order valence-electron chi connectivity index (χ1n) is 7.01. The van der Waals surface area contributed by atoms with Crippen LogP contribution in [0.15, 0.2) is 39.5 Å². The molecule has 0 saturated carbocycles. The van der Waals surface area contributed by atoms with Crippen molar-refractivity contribution in [3.8, 4) is 0 Å². The van der Waals surface area contributed by atoms with E-state index in [1.54, 1.807) is 24.3 Å². The molecule has 1 aromatic heterocycles. The van der Waals surface area contributed by atoms with Gasteiger partial charge in [0.05, 0.1) is 17.5 Å². The maximum Gasteiger partial charge on any atom is 0.287 e. The van der Waals surface area contributed by atoms with Crippen LogP contribution in [0.3, 0.4) is 0 Å². The first kappa shape index (κ1) is 15.3. The van der Waals surface area contributed by atoms with Gasteiger partial charge < -0.3 is 14.8 Å². The van der Waals surface area contributed by atoms with Crippen LogP contribution in [0, 0.1) is 0 Å². The molecular weight excluding hydrogens is 270 g/mol. The molecule has 2 N–H and O–H groups in total. The standard InChI is InChI=1S/C16H19NO4/c1-3-16(4-2,10-18)17-15(20)14-9-12(19)11-7-5-6-8-13(11)21-14/h5-9,18H,3-4,10H2,1-2H3,(H,17,20). The molecule has 0 saturated heterocycles. The van der Waals surface area contributed by atoms with Gasteiger partial charge in [-0.1, -0.05) is 26.0 Å². The average molecular weight is 289 g/mol. The number of hydrogen-bond donors (Lipinski definition) is 2. The summed E-state index contributed by atoms with van der Waals surface area (Å²) in [6, 6.07) is 7.96. The number of aliphatic hydroxyl groups excluding tert-OH is 1. The highest BCUT2D eigenvalue weighted by molar-refractivity contribution is 5.93. The third kappa shape index (κ3) is 2.97. The van der Waals surface area contributed by atoms with E-state index in [1.807, 2.05) is 13.8 Å². The number of aliphatic hydroxyl groups is 1. The molecule has 0 unspecified atom stereocenters. The molecule has 2 rings (SSSR count). The summed E-state index contributed by atoms with van der Waals surface area (Å²) < 4.78 is 5.49. The van der Waals surface area contributed by atoms with Crippen molar-refractivity contribution in [3.05, 3.63) is 46.3 Å². The van der Waals surface area contributed by atoms with E-state index in [9.17, 15) is 14.7 Å². The summed E-state index contributed by atoms with van der Waals surface area (Å²) in [4.78, 5) is 24.3. The minimum atomic E-state index is -0.693. The highest BCUT2D eigenvalue weighted by Crippen LogP contribution is 2.16. The molecule has 0 bridgehead atoms. The summed E-state index contributed by atoms with van der Waals surface area (Å²) >= 11 is 0. The fourth-order valence-electron chi connectivity index (χ4n) is 2.21. The molecular formula is C16H19NO4. The highest BCUT2D eigenvalue weighted by atomic mass is 16.3. The zero-order valence-electron chi connectivity index (χ0n) is 12.2. The van der Waals surface area contributed by atoms with Crippen molar-refractivity contribution in [2.75, 3.05) is 6.61 Å². The molecule has 1 amide bonds. The number of carbonyl (C=O) groups excluding carboxylic acids is 1. The number of fused-ring (bicyclic) bond motifs is 1. The van der Waals surface area contributed by atoms with Crippen LogP contribution in [0.4, 0.5) is 0 Å². The normalized spacial score (nSPS) is 11.6. The van der Waals surface area contributed by atoms with E-state index in [0.29, 0.717) is 23.8 Å². The highest BCUT2D eigenvalue weighted by Gasteiger charge is 2.28. The monoisotopic (exact) mass is 289 g/mol. The zero-order valence-corrected chi connectivity index (χ0v) is 12.2. The SMILES string of the molecule is CCC(CC)(CO)NC(=O)c1cc(=O)c2ccccc2o1. The number of carbonyl (C=O) groups is 1. The Morgan fingerprint density at radius 3 is 2.57 bits per heavy atom. The van der Waals surface area contributed by atoms with Gasteiger partial charge in [0.15, 0.2) is 11.2 Å². The van der Waals surface area contributed by atoms with Gasteiger partial charge in [0.2, 0.25) is 0 Å². The predicted molar refractivity (Wildman–Crippen MR) is 80.3 cm³/mol. The van der Waals surface area contributed by atoms with Gasteiger partial charge in [-0.25, -0.2) is 0 Å². The molecule has 1 heterocycles. The predicted octanol–water partition coefficient (Wildman–Crippen LogP) is 2.07. The topological polar surface area (TPSA) is 79.5 Å². The van der Waals surface area contributed by atoms with Gasteiger partial charge in [0, 0.05) is 6.07 Å². The van der Waals surface area contributed by atoms with Crippen molar-refractivity contribution in [2.24, 2.45) is 0 Å². The lowest BCUT2D eigenvalue weighted by molar-refractivity contribution is 0.0791. The van der Waals surface area contributed by atoms with E-state index in [0.717, 1.165) is 0 Å². The molecule has 21 heavy (non-hydrogen) atoms. The van der Waals surface area contributed by atoms with Crippen LogP contribution in [-0.4, -0.2) is 23.2 Å². The maximum atomic E-state index is 12.3. The van der Waals surface area contributed by atoms with E-state index in [-0.39, 0.29) is 17.8 Å². The fraction of sp³-hybridized carbons (Fsp3) is 0.375. The summed E-state index contributed by atoms with van der Waals surface area (Å²) in [7, 11) is 0. The van der Waals surface area contributed by atoms with Gasteiger partial charge in [-0.3, -0.25) is 9.59 Å². The van der Waals surface area contributed by atoms with Gasteiger partial charge >= 0.3 is 0 Å². The largest absolute Gasteiger partial charge is 0.451 e. The molecule has 2 aromatic rings. The van der Waals surface area contributed by atoms with Crippen molar-refractivity contribution in [1.82, 2.24) is 5.32 Å². The average Bonchev–Trinajstić information content (AvgIpc) is 2.52. The van der Waals surface area contributed by atoms with Crippen molar-refractivity contribution < 1.29 is 14.3 Å². The molecule has 0 aliphatic rings. The van der Waals surface area contributed by atoms with Crippen LogP contribution in [0.25, 0.3) is 11.0 Å². The summed E-state index contributed by atoms with van der Waals surface area (Å²) in [6.45, 7) is 3.61. The molecule has 1 aromatic carbocycles. The minimum Gasteiger partial charge on any atom is -0.451 e. The number of amides is 1. The van der Waals surface area contributed by atoms with Crippen LogP contribution in [0.1, 0.15) is 37.2 Å². The Balaban J connectivity index is 2.38. The molecule has 0 aliphatic heterocycles. The Morgan fingerprint density at radius 1 is 1.29 bits per heavy atom. The van der Waals surface area contributed by atoms with Gasteiger partial charge in [-0.15, -0.1) is 0 Å². The third-order valence-electron chi connectivity index (χ3n) is 3.89. The lowest BCUT2D eigenvalue weighted by Gasteiger charge is -2.30. The number of para-hydroxylation sites is 1. The van der Waals surface area contributed by atoms with Crippen LogP contribution >= 0.6 is 0 Å². The van der Waals surface area contributed by atoms with Gasteiger partial charge in [0.1, 0.15) is 5.58 Å². The second-order valence-electron chi connectivity index (χ2n) is 5.07. The summed E-state index contributed by atoms with van der Waals surface area (Å²) in [5.41, 5.74) is -0.580. The Kier molecular flexibility index (Phi) is 4.43. The Bertz CT molecular complexity index is 692. The van der Waals surface area contributed by atoms with E-state index < -0.39 is 11.4 Å². The third-order valence-corrected chi connectivity index (χ3v) is 3.89. The Morgan fingerprint density at radius 2 is 1.95 bits per heavy atom. The molecule has 5 heteroatoms. The molecule has 0 spiro atoms. The quantitative estimate of drug-likeness (QED) is 0.883. The van der Waals surface area contributed by atoms with Gasteiger partial charge in [-0.2, -0.15) is 0 Å². The molecule has 0 radical (unpaired) electrons. The molecule has 0 aliphatic carbocycles. The van der Waals surface area contributed by atoms with Crippen LogP contribution < -0.4 is 10.7 Å². The molecule has 5 nitrogen and oxygen atoms in total. The van der Waals surface area contributed by atoms with Gasteiger partial charge in [0.25, 0.3) is 5.91 Å². The summed E-state index contributed by atoms with van der Waals surface area (Å²) in [6.07, 6.45) is 1.17. The maximum absolute atomic E-state index is 12.3. The van der Waals surface area contributed by atoms with E-state index in [4.69, 9.17) is 4.42 Å². The molecule has 0 fully saturated rings. The van der Waals surface area contributed by atoms with Crippen molar-refractivity contribution in [3.63, 3.8) is 0 Å². The second kappa shape index (κ2) is 6.10. The number of benzene rings is 1. The lowest BCUT2D eigenvalue weighted by Crippen LogP contribution is -2.50. The van der Waals surface area contributed by atoms with Crippen molar-refractivity contribution >= 4 is 16.9 Å². The van der Waals surface area contributed by atoms with E-state index >= 15 is 0 Å².